The topological polar surface area (TPSA) is 82.0 Å². The van der Waals surface area contributed by atoms with Gasteiger partial charge in [-0.25, -0.2) is 4.98 Å². The Morgan fingerprint density at radius 1 is 1.21 bits per heavy atom. The summed E-state index contributed by atoms with van der Waals surface area (Å²) >= 11 is 0. The van der Waals surface area contributed by atoms with Crippen LogP contribution in [0.2, 0.25) is 0 Å². The first-order valence-corrected chi connectivity index (χ1v) is 6.01. The lowest BCUT2D eigenvalue weighted by molar-refractivity contribution is -0.384. The Labute approximate surface area is 111 Å². The number of hydrogen-bond acceptors (Lipinski definition) is 4. The van der Waals surface area contributed by atoms with Gasteiger partial charge in [0.05, 0.1) is 4.92 Å². The molecule has 0 saturated heterocycles. The predicted octanol–water partition coefficient (Wildman–Crippen LogP) is 2.67. The number of nitrogen functional groups attached to an aromatic ring is 1. The highest BCUT2D eigenvalue weighted by atomic mass is 16.6. The van der Waals surface area contributed by atoms with E-state index in [1.165, 1.54) is 11.8 Å². The van der Waals surface area contributed by atoms with Crippen LogP contribution in [0.25, 0.3) is 0 Å². The molecule has 2 aromatic rings. The number of aryl methyl sites for hydroxylation is 3. The molecule has 5 nitrogen and oxygen atoms in total. The van der Waals surface area contributed by atoms with E-state index in [-0.39, 0.29) is 11.5 Å². The van der Waals surface area contributed by atoms with Crippen LogP contribution in [0, 0.1) is 17.0 Å². The molecule has 0 aliphatic rings. The van der Waals surface area contributed by atoms with Crippen molar-refractivity contribution in [3.05, 3.63) is 63.3 Å². The number of anilines is 1. The maximum absolute atomic E-state index is 11.0. The van der Waals surface area contributed by atoms with E-state index in [4.69, 9.17) is 5.73 Å². The summed E-state index contributed by atoms with van der Waals surface area (Å²) in [5.74, 6) is -0.0218. The van der Waals surface area contributed by atoms with Crippen molar-refractivity contribution >= 4 is 11.5 Å². The van der Waals surface area contributed by atoms with Crippen molar-refractivity contribution in [1.82, 2.24) is 4.98 Å². The normalized spacial score (nSPS) is 10.4. The fraction of sp³-hybridized carbons (Fsp3) is 0.214. The number of pyridine rings is 1. The van der Waals surface area contributed by atoms with E-state index in [2.05, 4.69) is 4.98 Å². The average molecular weight is 257 g/mol. The van der Waals surface area contributed by atoms with Crippen molar-refractivity contribution < 1.29 is 4.92 Å². The van der Waals surface area contributed by atoms with Crippen molar-refractivity contribution in [2.45, 2.75) is 19.8 Å². The van der Waals surface area contributed by atoms with Gasteiger partial charge in [0.15, 0.2) is 0 Å². The summed E-state index contributed by atoms with van der Waals surface area (Å²) in [6.07, 6.45) is 2.82. The van der Waals surface area contributed by atoms with Gasteiger partial charge in [-0.1, -0.05) is 29.8 Å². The summed E-state index contributed by atoms with van der Waals surface area (Å²) in [7, 11) is 0. The van der Waals surface area contributed by atoms with E-state index in [1.54, 1.807) is 6.07 Å². The van der Waals surface area contributed by atoms with Gasteiger partial charge in [-0.15, -0.1) is 0 Å². The van der Waals surface area contributed by atoms with Crippen LogP contribution in [-0.2, 0) is 12.8 Å². The van der Waals surface area contributed by atoms with Crippen LogP contribution in [0.15, 0.2) is 36.5 Å². The Morgan fingerprint density at radius 3 is 2.53 bits per heavy atom. The van der Waals surface area contributed by atoms with Crippen molar-refractivity contribution in [1.29, 1.82) is 0 Å². The van der Waals surface area contributed by atoms with Gasteiger partial charge < -0.3 is 5.73 Å². The number of nitrogens with two attached hydrogens (primary N) is 1. The third-order valence-corrected chi connectivity index (χ3v) is 3.02. The van der Waals surface area contributed by atoms with Crippen LogP contribution in [-0.4, -0.2) is 9.91 Å². The first kappa shape index (κ1) is 13.0. The Bertz CT molecular complexity index is 594. The molecule has 0 unspecified atom stereocenters. The Hall–Kier alpha value is -2.43. The minimum atomic E-state index is -0.465. The van der Waals surface area contributed by atoms with Gasteiger partial charge in [-0.05, 0) is 31.4 Å². The standard InChI is InChI=1S/C14H15N3O2/c1-10-2-4-11(5-3-10)6-7-12-8-9-16-14(15)13(12)17(18)19/h2-5,8-9H,6-7H2,1H3,(H2,15,16). The molecule has 0 bridgehead atoms. The van der Waals surface area contributed by atoms with Crippen LogP contribution >= 0.6 is 0 Å². The number of rotatable bonds is 4. The lowest BCUT2D eigenvalue weighted by Crippen LogP contribution is -2.03. The summed E-state index contributed by atoms with van der Waals surface area (Å²) in [5, 5.41) is 11.0. The molecule has 0 fully saturated rings. The maximum Gasteiger partial charge on any atom is 0.314 e. The van der Waals surface area contributed by atoms with Crippen LogP contribution in [0.4, 0.5) is 11.5 Å². The molecule has 0 radical (unpaired) electrons. The number of nitrogens with zero attached hydrogens (tertiary/aromatic N) is 2. The molecule has 98 valence electrons. The highest BCUT2D eigenvalue weighted by molar-refractivity contribution is 5.57. The predicted molar refractivity (Wildman–Crippen MR) is 73.9 cm³/mol. The molecular weight excluding hydrogens is 242 g/mol. The molecule has 0 saturated carbocycles. The lowest BCUT2D eigenvalue weighted by atomic mass is 10.0. The number of nitro groups is 1. The van der Waals surface area contributed by atoms with E-state index >= 15 is 0 Å². The Kier molecular flexibility index (Phi) is 3.75. The molecule has 19 heavy (non-hydrogen) atoms. The molecule has 0 atom stereocenters. The highest BCUT2D eigenvalue weighted by Gasteiger charge is 2.18. The fourth-order valence-corrected chi connectivity index (χ4v) is 1.96. The van der Waals surface area contributed by atoms with Crippen molar-refractivity contribution in [2.24, 2.45) is 0 Å². The van der Waals surface area contributed by atoms with Gasteiger partial charge in [0, 0.05) is 11.8 Å². The van der Waals surface area contributed by atoms with E-state index in [9.17, 15) is 10.1 Å². The second-order valence-electron chi connectivity index (χ2n) is 4.45. The van der Waals surface area contributed by atoms with Crippen LogP contribution in [0.1, 0.15) is 16.7 Å². The Balaban J connectivity index is 2.18. The fourth-order valence-electron chi connectivity index (χ4n) is 1.96. The highest BCUT2D eigenvalue weighted by Crippen LogP contribution is 2.25. The van der Waals surface area contributed by atoms with Gasteiger partial charge in [0.25, 0.3) is 0 Å². The third kappa shape index (κ3) is 3.07. The third-order valence-electron chi connectivity index (χ3n) is 3.02. The minimum Gasteiger partial charge on any atom is -0.378 e. The zero-order chi connectivity index (χ0) is 13.8. The van der Waals surface area contributed by atoms with Gasteiger partial charge >= 0.3 is 5.69 Å². The van der Waals surface area contributed by atoms with Crippen molar-refractivity contribution in [3.63, 3.8) is 0 Å². The van der Waals surface area contributed by atoms with Gasteiger partial charge in [-0.2, -0.15) is 0 Å². The van der Waals surface area contributed by atoms with Gasteiger partial charge in [-0.3, -0.25) is 10.1 Å². The number of aromatic nitrogens is 1. The SMILES string of the molecule is Cc1ccc(CCc2ccnc(N)c2[N+](=O)[O-])cc1. The van der Waals surface area contributed by atoms with E-state index in [1.807, 2.05) is 31.2 Å². The van der Waals surface area contributed by atoms with Crippen molar-refractivity contribution in [2.75, 3.05) is 5.73 Å². The van der Waals surface area contributed by atoms with E-state index in [0.29, 0.717) is 12.0 Å². The lowest BCUT2D eigenvalue weighted by Gasteiger charge is -2.05. The summed E-state index contributed by atoms with van der Waals surface area (Å²) in [6, 6.07) is 9.79. The van der Waals surface area contributed by atoms with Crippen LogP contribution < -0.4 is 5.73 Å². The molecule has 2 rings (SSSR count). The molecule has 0 aliphatic heterocycles. The largest absolute Gasteiger partial charge is 0.378 e. The quantitative estimate of drug-likeness (QED) is 0.674. The maximum atomic E-state index is 11.0. The molecule has 2 N–H and O–H groups in total. The summed E-state index contributed by atoms with van der Waals surface area (Å²) in [5.41, 5.74) is 8.45. The summed E-state index contributed by atoms with van der Waals surface area (Å²) in [4.78, 5) is 14.3. The monoisotopic (exact) mass is 257 g/mol. The average Bonchev–Trinajstić information content (AvgIpc) is 2.37. The van der Waals surface area contributed by atoms with E-state index < -0.39 is 4.92 Å². The van der Waals surface area contributed by atoms with Gasteiger partial charge in [0.2, 0.25) is 5.82 Å². The first-order chi connectivity index (χ1) is 9.08. The minimum absolute atomic E-state index is 0.0218. The molecule has 1 aromatic carbocycles. The summed E-state index contributed by atoms with van der Waals surface area (Å²) < 4.78 is 0. The molecule has 0 amide bonds. The number of benzene rings is 1. The molecular formula is C14H15N3O2. The van der Waals surface area contributed by atoms with Crippen molar-refractivity contribution in [3.8, 4) is 0 Å². The molecule has 1 heterocycles. The zero-order valence-corrected chi connectivity index (χ0v) is 10.7. The summed E-state index contributed by atoms with van der Waals surface area (Å²) in [6.45, 7) is 2.03. The first-order valence-electron chi connectivity index (χ1n) is 6.01. The van der Waals surface area contributed by atoms with Gasteiger partial charge in [0.1, 0.15) is 0 Å². The molecule has 1 aromatic heterocycles. The molecule has 0 aliphatic carbocycles. The van der Waals surface area contributed by atoms with Crippen LogP contribution in [0.5, 0.6) is 0 Å². The Morgan fingerprint density at radius 2 is 1.89 bits per heavy atom. The van der Waals surface area contributed by atoms with E-state index in [0.717, 1.165) is 12.0 Å². The second kappa shape index (κ2) is 5.48. The molecule has 5 heteroatoms. The second-order valence-corrected chi connectivity index (χ2v) is 4.45. The van der Waals surface area contributed by atoms with Crippen LogP contribution in [0.3, 0.4) is 0 Å². The number of hydrogen-bond donors (Lipinski definition) is 1. The molecule has 0 spiro atoms. The zero-order valence-electron chi connectivity index (χ0n) is 10.7. The smallest absolute Gasteiger partial charge is 0.314 e.